The Bertz CT molecular complexity index is 603. The number of hydrogen-bond acceptors (Lipinski definition) is 5. The van der Waals surface area contributed by atoms with Gasteiger partial charge in [0.25, 0.3) is 0 Å². The van der Waals surface area contributed by atoms with Crippen molar-refractivity contribution in [3.63, 3.8) is 0 Å². The minimum absolute atomic E-state index is 0.725. The van der Waals surface area contributed by atoms with E-state index in [1.807, 2.05) is 0 Å². The summed E-state index contributed by atoms with van der Waals surface area (Å²) in [5.74, 6) is 1.62. The van der Waals surface area contributed by atoms with Crippen molar-refractivity contribution in [2.45, 2.75) is 38.1 Å². The standard InChI is InChI=1S/C15H22N6/c1-2-4-12(3-1)21-6-5-11(9-21)7-16-14-13-8-19-20-15(13)18-10-17-14/h8,10-12H,1-7,9H2,(H2,16,17,18,19,20). The first-order valence-electron chi connectivity index (χ1n) is 8.02. The summed E-state index contributed by atoms with van der Waals surface area (Å²) in [6.45, 7) is 3.49. The van der Waals surface area contributed by atoms with Gasteiger partial charge in [0, 0.05) is 19.1 Å². The number of anilines is 1. The van der Waals surface area contributed by atoms with Gasteiger partial charge in [0.05, 0.1) is 11.6 Å². The Morgan fingerprint density at radius 1 is 1.24 bits per heavy atom. The molecule has 1 saturated heterocycles. The first-order chi connectivity index (χ1) is 10.4. The molecule has 21 heavy (non-hydrogen) atoms. The Morgan fingerprint density at radius 3 is 3.05 bits per heavy atom. The maximum Gasteiger partial charge on any atom is 0.160 e. The fraction of sp³-hybridized carbons (Fsp3) is 0.667. The number of fused-ring (bicyclic) bond motifs is 1. The van der Waals surface area contributed by atoms with E-state index in [1.54, 1.807) is 12.5 Å². The SMILES string of the molecule is c1nc(NCC2CCN(C3CCCC3)C2)c2cn[nH]c2n1. The normalized spacial score (nSPS) is 24.1. The van der Waals surface area contributed by atoms with E-state index in [9.17, 15) is 0 Å². The molecular formula is C15H22N6. The van der Waals surface area contributed by atoms with E-state index in [1.165, 1.54) is 45.2 Å². The van der Waals surface area contributed by atoms with Crippen LogP contribution >= 0.6 is 0 Å². The van der Waals surface area contributed by atoms with E-state index in [0.29, 0.717) is 0 Å². The summed E-state index contributed by atoms with van der Waals surface area (Å²) in [7, 11) is 0. The van der Waals surface area contributed by atoms with Crippen LogP contribution in [0.4, 0.5) is 5.82 Å². The van der Waals surface area contributed by atoms with Crippen LogP contribution in [0.25, 0.3) is 11.0 Å². The zero-order valence-electron chi connectivity index (χ0n) is 12.3. The van der Waals surface area contributed by atoms with Crippen molar-refractivity contribution >= 4 is 16.9 Å². The van der Waals surface area contributed by atoms with Gasteiger partial charge in [0.2, 0.25) is 0 Å². The Kier molecular flexibility index (Phi) is 3.47. The number of H-pyrrole nitrogens is 1. The lowest BCUT2D eigenvalue weighted by Gasteiger charge is -2.23. The van der Waals surface area contributed by atoms with Gasteiger partial charge in [-0.2, -0.15) is 5.10 Å². The topological polar surface area (TPSA) is 69.7 Å². The second-order valence-corrected chi connectivity index (χ2v) is 6.32. The maximum absolute atomic E-state index is 4.34. The summed E-state index contributed by atoms with van der Waals surface area (Å²) in [6.07, 6.45) is 10.3. The molecule has 0 bridgehead atoms. The zero-order chi connectivity index (χ0) is 14.1. The van der Waals surface area contributed by atoms with Crippen molar-refractivity contribution < 1.29 is 0 Å². The van der Waals surface area contributed by atoms with Gasteiger partial charge in [0.15, 0.2) is 5.65 Å². The summed E-state index contributed by atoms with van der Waals surface area (Å²) in [5, 5.41) is 11.4. The van der Waals surface area contributed by atoms with E-state index in [-0.39, 0.29) is 0 Å². The van der Waals surface area contributed by atoms with Gasteiger partial charge in [-0.15, -0.1) is 0 Å². The average Bonchev–Trinajstić information content (AvgIpc) is 3.23. The summed E-state index contributed by atoms with van der Waals surface area (Å²) in [5.41, 5.74) is 0.798. The molecule has 6 nitrogen and oxygen atoms in total. The molecule has 1 aliphatic carbocycles. The molecule has 1 saturated carbocycles. The molecule has 2 aliphatic rings. The van der Waals surface area contributed by atoms with E-state index in [4.69, 9.17) is 0 Å². The Morgan fingerprint density at radius 2 is 2.14 bits per heavy atom. The minimum Gasteiger partial charge on any atom is -0.369 e. The van der Waals surface area contributed by atoms with Crippen LogP contribution in [0, 0.1) is 5.92 Å². The molecule has 6 heteroatoms. The van der Waals surface area contributed by atoms with Crippen LogP contribution < -0.4 is 5.32 Å². The van der Waals surface area contributed by atoms with Gasteiger partial charge in [-0.1, -0.05) is 12.8 Å². The Hall–Kier alpha value is -1.69. The molecule has 0 radical (unpaired) electrons. The van der Waals surface area contributed by atoms with Crippen LogP contribution in [0.15, 0.2) is 12.5 Å². The molecular weight excluding hydrogens is 264 g/mol. The van der Waals surface area contributed by atoms with Crippen LogP contribution in [0.2, 0.25) is 0 Å². The van der Waals surface area contributed by atoms with Crippen LogP contribution in [-0.4, -0.2) is 50.7 Å². The minimum atomic E-state index is 0.725. The zero-order valence-corrected chi connectivity index (χ0v) is 12.3. The van der Waals surface area contributed by atoms with Gasteiger partial charge in [-0.05, 0) is 31.7 Å². The number of aromatic amines is 1. The first kappa shape index (κ1) is 13.0. The smallest absolute Gasteiger partial charge is 0.160 e. The van der Waals surface area contributed by atoms with Gasteiger partial charge >= 0.3 is 0 Å². The largest absolute Gasteiger partial charge is 0.369 e. The predicted molar refractivity (Wildman–Crippen MR) is 82.1 cm³/mol. The quantitative estimate of drug-likeness (QED) is 0.900. The number of rotatable bonds is 4. The molecule has 1 aliphatic heterocycles. The molecule has 4 rings (SSSR count). The third-order valence-corrected chi connectivity index (χ3v) is 4.96. The van der Waals surface area contributed by atoms with Gasteiger partial charge in [-0.3, -0.25) is 5.10 Å². The lowest BCUT2D eigenvalue weighted by atomic mass is 10.1. The average molecular weight is 286 g/mol. The van der Waals surface area contributed by atoms with Gasteiger partial charge < -0.3 is 10.2 Å². The van der Waals surface area contributed by atoms with E-state index >= 15 is 0 Å². The summed E-state index contributed by atoms with van der Waals surface area (Å²) in [6, 6.07) is 0.856. The molecule has 2 N–H and O–H groups in total. The Labute approximate surface area is 124 Å². The molecule has 3 heterocycles. The highest BCUT2D eigenvalue weighted by Gasteiger charge is 2.29. The lowest BCUT2D eigenvalue weighted by molar-refractivity contribution is 0.238. The monoisotopic (exact) mass is 286 g/mol. The summed E-state index contributed by atoms with van der Waals surface area (Å²) >= 11 is 0. The van der Waals surface area contributed by atoms with Crippen molar-refractivity contribution in [1.82, 2.24) is 25.1 Å². The molecule has 0 aromatic carbocycles. The van der Waals surface area contributed by atoms with Crippen molar-refractivity contribution in [1.29, 1.82) is 0 Å². The maximum atomic E-state index is 4.34. The first-order valence-corrected chi connectivity index (χ1v) is 8.02. The molecule has 2 aromatic heterocycles. The predicted octanol–water partition coefficient (Wildman–Crippen LogP) is 2.03. The molecule has 0 amide bonds. The highest BCUT2D eigenvalue weighted by atomic mass is 15.2. The third kappa shape index (κ3) is 2.60. The molecule has 112 valence electrons. The van der Waals surface area contributed by atoms with Crippen LogP contribution in [0.5, 0.6) is 0 Å². The number of likely N-dealkylation sites (tertiary alicyclic amines) is 1. The van der Waals surface area contributed by atoms with Crippen molar-refractivity contribution in [3.8, 4) is 0 Å². The van der Waals surface area contributed by atoms with Crippen LogP contribution in [0.3, 0.4) is 0 Å². The Balaban J connectivity index is 1.36. The number of nitrogens with one attached hydrogen (secondary N) is 2. The molecule has 1 atom stereocenters. The van der Waals surface area contributed by atoms with Crippen molar-refractivity contribution in [2.75, 3.05) is 25.0 Å². The van der Waals surface area contributed by atoms with Crippen molar-refractivity contribution in [2.24, 2.45) is 5.92 Å². The lowest BCUT2D eigenvalue weighted by Crippen LogP contribution is -2.31. The fourth-order valence-corrected chi connectivity index (χ4v) is 3.78. The van der Waals surface area contributed by atoms with E-state index in [0.717, 1.165) is 35.4 Å². The molecule has 1 unspecified atom stereocenters. The molecule has 2 aromatic rings. The number of aromatic nitrogens is 4. The van der Waals surface area contributed by atoms with Gasteiger partial charge in [0.1, 0.15) is 12.1 Å². The fourth-order valence-electron chi connectivity index (χ4n) is 3.78. The van der Waals surface area contributed by atoms with Crippen LogP contribution in [0.1, 0.15) is 32.1 Å². The van der Waals surface area contributed by atoms with Gasteiger partial charge in [-0.25, -0.2) is 9.97 Å². The molecule has 2 fully saturated rings. The number of nitrogens with zero attached hydrogens (tertiary/aromatic N) is 4. The highest BCUT2D eigenvalue weighted by Crippen LogP contribution is 2.28. The number of hydrogen-bond donors (Lipinski definition) is 2. The summed E-state index contributed by atoms with van der Waals surface area (Å²) < 4.78 is 0. The second kappa shape index (κ2) is 5.60. The van der Waals surface area contributed by atoms with E-state index < -0.39 is 0 Å². The third-order valence-electron chi connectivity index (χ3n) is 4.96. The summed E-state index contributed by atoms with van der Waals surface area (Å²) in [4.78, 5) is 11.2. The molecule has 0 spiro atoms. The van der Waals surface area contributed by atoms with Crippen molar-refractivity contribution in [3.05, 3.63) is 12.5 Å². The van der Waals surface area contributed by atoms with E-state index in [2.05, 4.69) is 30.4 Å². The highest BCUT2D eigenvalue weighted by molar-refractivity contribution is 5.85. The second-order valence-electron chi connectivity index (χ2n) is 6.32. The van der Waals surface area contributed by atoms with Crippen LogP contribution in [-0.2, 0) is 0 Å².